The van der Waals surface area contributed by atoms with Crippen LogP contribution in [0.5, 0.6) is 0 Å². The molecule has 8 nitrogen and oxygen atoms in total. The van der Waals surface area contributed by atoms with Gasteiger partial charge in [-0.1, -0.05) is 67.4 Å². The molecule has 0 aromatic heterocycles. The first-order valence-electron chi connectivity index (χ1n) is 11.5. The molecule has 1 amide bonds. The molecule has 1 saturated carbocycles. The molecule has 1 fully saturated rings. The number of ether oxygens (including phenoxy) is 1. The first-order chi connectivity index (χ1) is 16.8. The molecule has 0 aliphatic heterocycles. The Morgan fingerprint density at radius 3 is 2.37 bits per heavy atom. The number of para-hydroxylation sites is 1. The monoisotopic (exact) mass is 495 g/mol. The van der Waals surface area contributed by atoms with Crippen molar-refractivity contribution < 1.29 is 22.7 Å². The Bertz CT molecular complexity index is 1340. The molecular formula is C26H29N3O5S. The van der Waals surface area contributed by atoms with E-state index >= 15 is 0 Å². The summed E-state index contributed by atoms with van der Waals surface area (Å²) in [5.41, 5.74) is 6.79. The predicted octanol–water partition coefficient (Wildman–Crippen LogP) is 2.77. The van der Waals surface area contributed by atoms with E-state index in [4.69, 9.17) is 10.5 Å². The zero-order valence-corrected chi connectivity index (χ0v) is 20.3. The van der Waals surface area contributed by atoms with Crippen molar-refractivity contribution >= 4 is 38.4 Å². The van der Waals surface area contributed by atoms with Crippen molar-refractivity contribution in [3.05, 3.63) is 72.3 Å². The molecule has 0 radical (unpaired) electrons. The van der Waals surface area contributed by atoms with Crippen LogP contribution in [0.25, 0.3) is 10.8 Å². The second-order valence-electron chi connectivity index (χ2n) is 8.86. The lowest BCUT2D eigenvalue weighted by Crippen LogP contribution is -2.52. The molecule has 1 aliphatic rings. The fourth-order valence-electron chi connectivity index (χ4n) is 4.08. The number of anilines is 1. The Labute approximate surface area is 204 Å². The third-order valence-electron chi connectivity index (χ3n) is 6.14. The highest BCUT2D eigenvalue weighted by Gasteiger charge is 2.35. The van der Waals surface area contributed by atoms with Gasteiger partial charge in [-0.15, -0.1) is 0 Å². The smallest absolute Gasteiger partial charge is 0.328 e. The molecule has 0 bridgehead atoms. The summed E-state index contributed by atoms with van der Waals surface area (Å²) in [5, 5.41) is 4.79. The van der Waals surface area contributed by atoms with E-state index in [2.05, 4.69) is 10.0 Å². The standard InChI is InChI=1S/C26H29N3O5S/c1-34-26(31)23(16-18-12-13-19-6-2-3-7-20(19)14-18)28-25(30)22(15-17-10-11-17)29-35(32,33)24-9-5-4-8-21(24)27/h2-9,12-14,17,22-23,29H,10-11,15-16,27H2,1H3,(H,28,30). The van der Waals surface area contributed by atoms with Gasteiger partial charge in [0.15, 0.2) is 0 Å². The van der Waals surface area contributed by atoms with Crippen LogP contribution in [0.3, 0.4) is 0 Å². The molecule has 2 atom stereocenters. The first-order valence-corrected chi connectivity index (χ1v) is 13.0. The van der Waals surface area contributed by atoms with E-state index in [9.17, 15) is 18.0 Å². The maximum atomic E-state index is 13.3. The zero-order chi connectivity index (χ0) is 25.0. The van der Waals surface area contributed by atoms with Crippen LogP contribution < -0.4 is 15.8 Å². The third-order valence-corrected chi connectivity index (χ3v) is 7.69. The highest BCUT2D eigenvalue weighted by Crippen LogP contribution is 2.34. The number of nitrogen functional groups attached to an aromatic ring is 1. The van der Waals surface area contributed by atoms with Crippen LogP contribution in [0, 0.1) is 5.92 Å². The van der Waals surface area contributed by atoms with Crippen molar-refractivity contribution in [3.63, 3.8) is 0 Å². The summed E-state index contributed by atoms with van der Waals surface area (Å²) in [6, 6.07) is 17.7. The van der Waals surface area contributed by atoms with Crippen molar-refractivity contribution in [1.29, 1.82) is 0 Å². The van der Waals surface area contributed by atoms with Crippen molar-refractivity contribution in [3.8, 4) is 0 Å². The lowest BCUT2D eigenvalue weighted by Gasteiger charge is -2.23. The largest absolute Gasteiger partial charge is 0.467 e. The number of rotatable bonds is 10. The van der Waals surface area contributed by atoms with E-state index in [1.54, 1.807) is 12.1 Å². The van der Waals surface area contributed by atoms with E-state index in [0.29, 0.717) is 6.42 Å². The number of sulfonamides is 1. The van der Waals surface area contributed by atoms with Gasteiger partial charge in [-0.25, -0.2) is 13.2 Å². The van der Waals surface area contributed by atoms with Gasteiger partial charge in [0.05, 0.1) is 12.8 Å². The lowest BCUT2D eigenvalue weighted by atomic mass is 10.0. The van der Waals surface area contributed by atoms with E-state index < -0.39 is 34.0 Å². The Kier molecular flexibility index (Phi) is 7.37. The van der Waals surface area contributed by atoms with Gasteiger partial charge in [0.25, 0.3) is 0 Å². The van der Waals surface area contributed by atoms with E-state index in [-0.39, 0.29) is 22.9 Å². The number of nitrogens with one attached hydrogen (secondary N) is 2. The van der Waals surface area contributed by atoms with Gasteiger partial charge in [-0.05, 0) is 40.8 Å². The van der Waals surface area contributed by atoms with Gasteiger partial charge in [0, 0.05) is 6.42 Å². The maximum Gasteiger partial charge on any atom is 0.328 e. The predicted molar refractivity (Wildman–Crippen MR) is 134 cm³/mol. The second kappa shape index (κ2) is 10.5. The average molecular weight is 496 g/mol. The molecule has 9 heteroatoms. The lowest BCUT2D eigenvalue weighted by molar-refractivity contribution is -0.145. The molecular weight excluding hydrogens is 466 g/mol. The molecule has 1 aliphatic carbocycles. The summed E-state index contributed by atoms with van der Waals surface area (Å²) in [6.07, 6.45) is 2.40. The van der Waals surface area contributed by atoms with Gasteiger partial charge in [0.2, 0.25) is 15.9 Å². The quantitative estimate of drug-likeness (QED) is 0.293. The summed E-state index contributed by atoms with van der Waals surface area (Å²) in [7, 11) is -2.80. The molecule has 184 valence electrons. The van der Waals surface area contributed by atoms with Crippen molar-refractivity contribution in [2.45, 2.75) is 42.7 Å². The minimum atomic E-state index is -4.05. The van der Waals surface area contributed by atoms with Crippen molar-refractivity contribution in [2.75, 3.05) is 12.8 Å². The van der Waals surface area contributed by atoms with Crippen LogP contribution in [0.15, 0.2) is 71.6 Å². The van der Waals surface area contributed by atoms with E-state index in [1.165, 1.54) is 19.2 Å². The second-order valence-corrected chi connectivity index (χ2v) is 10.5. The van der Waals surface area contributed by atoms with Gasteiger partial charge < -0.3 is 15.8 Å². The number of carbonyl (C=O) groups excluding carboxylic acids is 2. The maximum absolute atomic E-state index is 13.3. The van der Waals surface area contributed by atoms with Crippen LogP contribution in [-0.2, 0) is 30.8 Å². The number of hydrogen-bond acceptors (Lipinski definition) is 6. The third kappa shape index (κ3) is 6.17. The number of methoxy groups -OCH3 is 1. The molecule has 0 spiro atoms. The normalized spacial score (nSPS) is 15.3. The number of carbonyl (C=O) groups is 2. The topological polar surface area (TPSA) is 128 Å². The van der Waals surface area contributed by atoms with E-state index in [1.807, 2.05) is 42.5 Å². The molecule has 0 saturated heterocycles. The van der Waals surface area contributed by atoms with Crippen LogP contribution >= 0.6 is 0 Å². The number of esters is 1. The number of hydrogen-bond donors (Lipinski definition) is 3. The molecule has 3 aromatic carbocycles. The molecule has 4 N–H and O–H groups in total. The van der Waals surface area contributed by atoms with E-state index in [0.717, 1.165) is 29.2 Å². The van der Waals surface area contributed by atoms with Crippen LogP contribution in [0.2, 0.25) is 0 Å². The Morgan fingerprint density at radius 2 is 1.69 bits per heavy atom. The number of fused-ring (bicyclic) bond motifs is 1. The summed E-state index contributed by atoms with van der Waals surface area (Å²) in [4.78, 5) is 25.7. The van der Waals surface area contributed by atoms with Gasteiger partial charge in [-0.3, -0.25) is 4.79 Å². The number of benzene rings is 3. The Hall–Kier alpha value is -3.43. The van der Waals surface area contributed by atoms with Crippen LogP contribution in [0.1, 0.15) is 24.8 Å². The summed E-state index contributed by atoms with van der Waals surface area (Å²) >= 11 is 0. The highest BCUT2D eigenvalue weighted by atomic mass is 32.2. The van der Waals surface area contributed by atoms with Gasteiger partial charge in [-0.2, -0.15) is 4.72 Å². The zero-order valence-electron chi connectivity index (χ0n) is 19.4. The first kappa shape index (κ1) is 24.7. The van der Waals surface area contributed by atoms with Crippen molar-refractivity contribution in [1.82, 2.24) is 10.0 Å². The van der Waals surface area contributed by atoms with Crippen molar-refractivity contribution in [2.24, 2.45) is 5.92 Å². The average Bonchev–Trinajstić information content (AvgIpc) is 3.66. The Balaban J connectivity index is 1.53. The summed E-state index contributed by atoms with van der Waals surface area (Å²) in [5.74, 6) is -0.934. The molecule has 0 heterocycles. The molecule has 4 rings (SSSR count). The van der Waals surface area contributed by atoms with Gasteiger partial charge >= 0.3 is 5.97 Å². The molecule has 3 aromatic rings. The van der Waals surface area contributed by atoms with Crippen LogP contribution in [-0.4, -0.2) is 39.5 Å². The highest BCUT2D eigenvalue weighted by molar-refractivity contribution is 7.89. The number of nitrogens with two attached hydrogens (primary N) is 1. The summed E-state index contributed by atoms with van der Waals surface area (Å²) < 4.78 is 33.4. The van der Waals surface area contributed by atoms with Gasteiger partial charge in [0.1, 0.15) is 17.0 Å². The Morgan fingerprint density at radius 1 is 1.00 bits per heavy atom. The molecule has 35 heavy (non-hydrogen) atoms. The fourth-order valence-corrected chi connectivity index (χ4v) is 5.42. The minimum absolute atomic E-state index is 0.0886. The minimum Gasteiger partial charge on any atom is -0.467 e. The SMILES string of the molecule is COC(=O)C(Cc1ccc2ccccc2c1)NC(=O)C(CC1CC1)NS(=O)(=O)c1ccccc1N. The van der Waals surface area contributed by atoms with Crippen LogP contribution in [0.4, 0.5) is 5.69 Å². The molecule has 2 unspecified atom stereocenters. The fraction of sp³-hybridized carbons (Fsp3) is 0.308. The number of amides is 1. The summed E-state index contributed by atoms with van der Waals surface area (Å²) in [6.45, 7) is 0.